The number of rotatable bonds is 10. The van der Waals surface area contributed by atoms with E-state index in [2.05, 4.69) is 42.5 Å². The third-order valence-electron chi connectivity index (χ3n) is 7.93. The van der Waals surface area contributed by atoms with Crippen molar-refractivity contribution in [2.45, 2.75) is 25.4 Å². The number of benzene rings is 1. The predicted molar refractivity (Wildman–Crippen MR) is 164 cm³/mol. The van der Waals surface area contributed by atoms with Gasteiger partial charge in [0.25, 0.3) is 0 Å². The number of nitrogens with zero attached hydrogens (tertiary/aromatic N) is 7. The molecule has 4 aromatic rings. The Bertz CT molecular complexity index is 1460. The van der Waals surface area contributed by atoms with E-state index in [1.165, 1.54) is 5.56 Å². The molecule has 0 bridgehead atoms. The SMILES string of the molecule is CN(C)CCOc1ccc(CN2CCN(c3nc(-c4cnc5ccccn45)nc(NC4CCCNC4)c3F)CC2)cc1. The van der Waals surface area contributed by atoms with Crippen LogP contribution in [0.5, 0.6) is 5.75 Å². The summed E-state index contributed by atoms with van der Waals surface area (Å²) in [5, 5.41) is 6.77. The minimum absolute atomic E-state index is 0.118. The molecule has 2 fully saturated rings. The van der Waals surface area contributed by atoms with E-state index in [9.17, 15) is 0 Å². The molecular formula is C31H40FN9O. The summed E-state index contributed by atoms with van der Waals surface area (Å²) < 4.78 is 23.8. The molecule has 0 spiro atoms. The maximum absolute atomic E-state index is 16.1. The quantitative estimate of drug-likeness (QED) is 0.297. The molecule has 2 aliphatic rings. The van der Waals surface area contributed by atoms with Crippen molar-refractivity contribution in [2.75, 3.05) is 76.7 Å². The first-order valence-corrected chi connectivity index (χ1v) is 14.8. The van der Waals surface area contributed by atoms with Crippen LogP contribution in [0.1, 0.15) is 18.4 Å². The van der Waals surface area contributed by atoms with Crippen molar-refractivity contribution >= 4 is 17.3 Å². The highest BCUT2D eigenvalue weighted by atomic mass is 19.1. The maximum atomic E-state index is 16.1. The van der Waals surface area contributed by atoms with Gasteiger partial charge in [-0.2, -0.15) is 4.39 Å². The van der Waals surface area contributed by atoms with Gasteiger partial charge in [-0.3, -0.25) is 9.30 Å². The average molecular weight is 574 g/mol. The molecule has 10 nitrogen and oxygen atoms in total. The van der Waals surface area contributed by atoms with Crippen LogP contribution in [-0.2, 0) is 6.54 Å². The summed E-state index contributed by atoms with van der Waals surface area (Å²) in [7, 11) is 4.08. The third-order valence-corrected chi connectivity index (χ3v) is 7.93. The second kappa shape index (κ2) is 13.0. The highest BCUT2D eigenvalue weighted by molar-refractivity contribution is 5.63. The fraction of sp³-hybridized carbons (Fsp3) is 0.452. The number of imidazole rings is 1. The number of halogens is 1. The van der Waals surface area contributed by atoms with Crippen LogP contribution in [0.25, 0.3) is 17.2 Å². The van der Waals surface area contributed by atoms with E-state index < -0.39 is 5.82 Å². The normalized spacial score (nSPS) is 18.1. The maximum Gasteiger partial charge on any atom is 0.207 e. The smallest absolute Gasteiger partial charge is 0.207 e. The van der Waals surface area contributed by atoms with Gasteiger partial charge >= 0.3 is 0 Å². The van der Waals surface area contributed by atoms with Crippen LogP contribution in [0.15, 0.2) is 54.9 Å². The number of ether oxygens (including phenoxy) is 1. The van der Waals surface area contributed by atoms with Crippen LogP contribution in [0.2, 0.25) is 0 Å². The van der Waals surface area contributed by atoms with Crippen LogP contribution in [0.4, 0.5) is 16.0 Å². The summed E-state index contributed by atoms with van der Waals surface area (Å²) in [5.74, 6) is 1.56. The molecule has 222 valence electrons. The number of nitrogens with one attached hydrogen (secondary N) is 2. The van der Waals surface area contributed by atoms with E-state index in [1.807, 2.05) is 59.9 Å². The Balaban J connectivity index is 1.17. The highest BCUT2D eigenvalue weighted by Crippen LogP contribution is 2.29. The number of anilines is 2. The van der Waals surface area contributed by atoms with Crippen LogP contribution >= 0.6 is 0 Å². The van der Waals surface area contributed by atoms with Crippen molar-refractivity contribution in [1.82, 2.24) is 34.5 Å². The number of piperidine rings is 1. The van der Waals surface area contributed by atoms with E-state index in [4.69, 9.17) is 9.72 Å². The van der Waals surface area contributed by atoms with Crippen LogP contribution < -0.4 is 20.3 Å². The van der Waals surface area contributed by atoms with Gasteiger partial charge in [0, 0.05) is 58.1 Å². The monoisotopic (exact) mass is 573 g/mol. The lowest BCUT2D eigenvalue weighted by atomic mass is 10.1. The largest absolute Gasteiger partial charge is 0.492 e. The molecule has 1 unspecified atom stereocenters. The van der Waals surface area contributed by atoms with Gasteiger partial charge in [-0.1, -0.05) is 18.2 Å². The average Bonchev–Trinajstić information content (AvgIpc) is 3.44. The number of aromatic nitrogens is 4. The van der Waals surface area contributed by atoms with Crippen LogP contribution in [0.3, 0.4) is 0 Å². The molecule has 42 heavy (non-hydrogen) atoms. The molecule has 5 heterocycles. The number of hydrogen-bond donors (Lipinski definition) is 2. The summed E-state index contributed by atoms with van der Waals surface area (Å²) in [6, 6.07) is 14.3. The first kappa shape index (κ1) is 28.3. The molecule has 0 aliphatic carbocycles. The minimum atomic E-state index is -0.392. The Kier molecular flexibility index (Phi) is 8.78. The lowest BCUT2D eigenvalue weighted by molar-refractivity contribution is 0.248. The third kappa shape index (κ3) is 6.64. The Morgan fingerprint density at radius 1 is 1.07 bits per heavy atom. The van der Waals surface area contributed by atoms with Gasteiger partial charge in [-0.15, -0.1) is 0 Å². The van der Waals surface area contributed by atoms with E-state index in [1.54, 1.807) is 6.20 Å². The first-order chi connectivity index (χ1) is 20.5. The lowest BCUT2D eigenvalue weighted by Gasteiger charge is -2.36. The van der Waals surface area contributed by atoms with E-state index in [-0.39, 0.29) is 11.9 Å². The molecule has 1 atom stereocenters. The van der Waals surface area contributed by atoms with Crippen molar-refractivity contribution in [2.24, 2.45) is 0 Å². The molecule has 0 radical (unpaired) electrons. The van der Waals surface area contributed by atoms with E-state index >= 15 is 4.39 Å². The molecule has 6 rings (SSSR count). The van der Waals surface area contributed by atoms with Crippen LogP contribution in [0, 0.1) is 5.82 Å². The van der Waals surface area contributed by atoms with Crippen molar-refractivity contribution in [3.63, 3.8) is 0 Å². The van der Waals surface area contributed by atoms with Crippen molar-refractivity contribution in [3.8, 4) is 17.3 Å². The molecule has 2 saturated heterocycles. The molecule has 2 N–H and O–H groups in total. The zero-order chi connectivity index (χ0) is 28.9. The van der Waals surface area contributed by atoms with Gasteiger partial charge in [0.15, 0.2) is 17.5 Å². The fourth-order valence-electron chi connectivity index (χ4n) is 5.53. The van der Waals surface area contributed by atoms with Gasteiger partial charge in [-0.05, 0) is 63.3 Å². The fourth-order valence-corrected chi connectivity index (χ4v) is 5.53. The van der Waals surface area contributed by atoms with Gasteiger partial charge < -0.3 is 25.2 Å². The van der Waals surface area contributed by atoms with E-state index in [0.29, 0.717) is 31.3 Å². The van der Waals surface area contributed by atoms with E-state index in [0.717, 1.165) is 69.2 Å². The van der Waals surface area contributed by atoms with Gasteiger partial charge in [0.05, 0.1) is 6.20 Å². The minimum Gasteiger partial charge on any atom is -0.492 e. The molecule has 1 aromatic carbocycles. The summed E-state index contributed by atoms with van der Waals surface area (Å²) in [6.45, 7) is 7.14. The second-order valence-electron chi connectivity index (χ2n) is 11.4. The van der Waals surface area contributed by atoms with Crippen LogP contribution in [-0.4, -0.2) is 102 Å². The Morgan fingerprint density at radius 3 is 2.67 bits per heavy atom. The number of piperazine rings is 1. The number of fused-ring (bicyclic) bond motifs is 1. The standard InChI is InChI=1S/C31H40FN9O/c1-38(2)18-19-42-25-10-8-23(9-11-25)22-39-14-16-40(17-15-39)31-28(32)30(35-24-6-5-12-33-20-24)36-29(37-31)26-21-34-27-7-3-4-13-41(26)27/h3-4,7-11,13,21,24,33H,5-6,12,14-20,22H2,1-2H3,(H,35,36,37). The number of likely N-dealkylation sites (N-methyl/N-ethyl adjacent to an activating group) is 1. The Morgan fingerprint density at radius 2 is 1.90 bits per heavy atom. The Hall–Kier alpha value is -3.80. The lowest BCUT2D eigenvalue weighted by Crippen LogP contribution is -2.46. The van der Waals surface area contributed by atoms with Gasteiger partial charge in [0.1, 0.15) is 23.7 Å². The summed E-state index contributed by atoms with van der Waals surface area (Å²) in [4.78, 5) is 20.5. The molecule has 3 aromatic heterocycles. The van der Waals surface area contributed by atoms with Crippen molar-refractivity contribution in [1.29, 1.82) is 0 Å². The molecule has 0 saturated carbocycles. The predicted octanol–water partition coefficient (Wildman–Crippen LogP) is 3.36. The topological polar surface area (TPSA) is 86.1 Å². The zero-order valence-corrected chi connectivity index (χ0v) is 24.5. The van der Waals surface area contributed by atoms with Gasteiger partial charge in [-0.25, -0.2) is 15.0 Å². The zero-order valence-electron chi connectivity index (χ0n) is 24.5. The number of pyridine rings is 1. The molecular weight excluding hydrogens is 533 g/mol. The van der Waals surface area contributed by atoms with Crippen molar-refractivity contribution in [3.05, 3.63) is 66.2 Å². The number of hydrogen-bond acceptors (Lipinski definition) is 9. The molecule has 11 heteroatoms. The molecule has 2 aliphatic heterocycles. The summed E-state index contributed by atoms with van der Waals surface area (Å²) >= 11 is 0. The Labute approximate surface area is 246 Å². The summed E-state index contributed by atoms with van der Waals surface area (Å²) in [6.07, 6.45) is 5.71. The van der Waals surface area contributed by atoms with Crippen molar-refractivity contribution < 1.29 is 9.13 Å². The highest BCUT2D eigenvalue weighted by Gasteiger charge is 2.26. The second-order valence-corrected chi connectivity index (χ2v) is 11.4. The summed E-state index contributed by atoms with van der Waals surface area (Å²) in [5.41, 5.74) is 2.78. The first-order valence-electron chi connectivity index (χ1n) is 14.8. The molecule has 0 amide bonds. The van der Waals surface area contributed by atoms with Gasteiger partial charge in [0.2, 0.25) is 5.82 Å².